The Morgan fingerprint density at radius 3 is 2.69 bits per heavy atom. The molecule has 9 heteroatoms. The maximum absolute atomic E-state index is 13.2. The maximum atomic E-state index is 13.2. The van der Waals surface area contributed by atoms with Crippen LogP contribution in [-0.2, 0) is 9.53 Å². The summed E-state index contributed by atoms with van der Waals surface area (Å²) in [5.74, 6) is -1.28. The molecule has 0 aliphatic carbocycles. The van der Waals surface area contributed by atoms with Gasteiger partial charge in [-0.3, -0.25) is 4.79 Å². The van der Waals surface area contributed by atoms with Crippen LogP contribution >= 0.6 is 23.1 Å². The van der Waals surface area contributed by atoms with Gasteiger partial charge in [0, 0.05) is 17.0 Å². The third-order valence-electron chi connectivity index (χ3n) is 3.74. The number of halogens is 1. The molecule has 0 aliphatic heterocycles. The zero-order valence-electron chi connectivity index (χ0n) is 15.4. The van der Waals surface area contributed by atoms with Crippen LogP contribution in [-0.4, -0.2) is 24.2 Å². The lowest BCUT2D eigenvalue weighted by molar-refractivity contribution is -0.645. The molecule has 0 bridgehead atoms. The van der Waals surface area contributed by atoms with Crippen molar-refractivity contribution in [2.75, 3.05) is 17.7 Å². The topological polar surface area (TPSA) is 82.3 Å². The van der Waals surface area contributed by atoms with Crippen molar-refractivity contribution in [1.82, 2.24) is 0 Å². The van der Waals surface area contributed by atoms with Gasteiger partial charge in [0.15, 0.2) is 6.20 Å². The summed E-state index contributed by atoms with van der Waals surface area (Å²) in [5.41, 5.74) is 1.04. The lowest BCUT2D eigenvalue weighted by Crippen LogP contribution is -2.28. The van der Waals surface area contributed by atoms with Crippen LogP contribution in [0, 0.1) is 11.0 Å². The number of ether oxygens (including phenoxy) is 1. The lowest BCUT2D eigenvalue weighted by Gasteiger charge is -2.06. The van der Waals surface area contributed by atoms with E-state index in [0.717, 1.165) is 23.1 Å². The number of rotatable bonds is 7. The summed E-state index contributed by atoms with van der Waals surface area (Å²) < 4.78 is 18.9. The second-order valence-corrected chi connectivity index (χ2v) is 7.83. The highest BCUT2D eigenvalue weighted by atomic mass is 32.2. The normalized spacial score (nSPS) is 10.6. The Morgan fingerprint density at radius 2 is 2.00 bits per heavy atom. The number of hydrogen-bond donors (Lipinski definition) is 1. The first-order chi connectivity index (χ1) is 14.0. The molecule has 0 fully saturated rings. The molecule has 0 atom stereocenters. The van der Waals surface area contributed by atoms with Gasteiger partial charge in [0.25, 0.3) is 5.03 Å². The Labute approximate surface area is 174 Å². The minimum absolute atomic E-state index is 0.00372. The third-order valence-corrected chi connectivity index (χ3v) is 5.92. The van der Waals surface area contributed by atoms with Crippen LogP contribution in [0.4, 0.5) is 10.1 Å². The molecule has 0 aliphatic rings. The number of anilines is 1. The summed E-state index contributed by atoms with van der Waals surface area (Å²) >= 11 is 2.24. The number of aromatic nitrogens is 1. The van der Waals surface area contributed by atoms with E-state index in [-0.39, 0.29) is 29.0 Å². The summed E-state index contributed by atoms with van der Waals surface area (Å²) in [6.45, 7) is 1.89. The summed E-state index contributed by atoms with van der Waals surface area (Å²) in [6, 6.07) is 12.4. The maximum Gasteiger partial charge on any atom is 0.350 e. The van der Waals surface area contributed by atoms with Crippen LogP contribution in [0.25, 0.3) is 10.4 Å². The average molecular weight is 432 g/mol. The van der Waals surface area contributed by atoms with Crippen LogP contribution in [0.2, 0.25) is 0 Å². The van der Waals surface area contributed by atoms with E-state index in [1.54, 1.807) is 43.3 Å². The smallest absolute Gasteiger partial charge is 0.350 e. The number of amides is 1. The van der Waals surface area contributed by atoms with Crippen LogP contribution < -0.4 is 10.0 Å². The van der Waals surface area contributed by atoms with Crippen molar-refractivity contribution < 1.29 is 23.4 Å². The van der Waals surface area contributed by atoms with Crippen molar-refractivity contribution >= 4 is 40.7 Å². The molecular weight excluding hydrogens is 415 g/mol. The molecule has 1 N–H and O–H groups in total. The minimum Gasteiger partial charge on any atom is -0.618 e. The molecule has 0 unspecified atom stereocenters. The van der Waals surface area contributed by atoms with Gasteiger partial charge in [-0.15, -0.1) is 11.3 Å². The second-order valence-electron chi connectivity index (χ2n) is 5.78. The molecule has 0 saturated carbocycles. The first-order valence-electron chi connectivity index (χ1n) is 8.65. The summed E-state index contributed by atoms with van der Waals surface area (Å²) in [6.07, 6.45) is 1.35. The number of pyridine rings is 1. The molecule has 2 heterocycles. The van der Waals surface area contributed by atoms with Crippen molar-refractivity contribution in [1.29, 1.82) is 0 Å². The van der Waals surface area contributed by atoms with Gasteiger partial charge in [-0.05, 0) is 48.5 Å². The number of carbonyl (C=O) groups excluding carboxylic acids is 2. The first kappa shape index (κ1) is 20.8. The Morgan fingerprint density at radius 1 is 1.24 bits per heavy atom. The van der Waals surface area contributed by atoms with E-state index in [9.17, 15) is 19.2 Å². The highest BCUT2D eigenvalue weighted by Gasteiger charge is 2.20. The van der Waals surface area contributed by atoms with Crippen molar-refractivity contribution in [2.45, 2.75) is 11.9 Å². The van der Waals surface area contributed by atoms with E-state index in [1.165, 1.54) is 18.3 Å². The van der Waals surface area contributed by atoms with Gasteiger partial charge in [0.1, 0.15) is 10.7 Å². The molecule has 29 heavy (non-hydrogen) atoms. The molecule has 2 aromatic heterocycles. The molecule has 1 aromatic carbocycles. The van der Waals surface area contributed by atoms with E-state index < -0.39 is 5.97 Å². The third kappa shape index (κ3) is 5.33. The number of esters is 1. The molecule has 3 aromatic rings. The van der Waals surface area contributed by atoms with E-state index in [0.29, 0.717) is 25.9 Å². The fraction of sp³-hybridized carbons (Fsp3) is 0.150. The zero-order valence-corrected chi connectivity index (χ0v) is 17.0. The predicted molar refractivity (Wildman–Crippen MR) is 110 cm³/mol. The Bertz CT molecular complexity index is 1020. The monoisotopic (exact) mass is 432 g/mol. The van der Waals surface area contributed by atoms with Crippen molar-refractivity contribution in [3.8, 4) is 10.4 Å². The molecule has 3 rings (SSSR count). The number of carbonyl (C=O) groups is 2. The van der Waals surface area contributed by atoms with E-state index in [4.69, 9.17) is 4.74 Å². The number of nitrogens with zero attached hydrogens (tertiary/aromatic N) is 1. The molecular formula is C20H17FN2O4S2. The van der Waals surface area contributed by atoms with Gasteiger partial charge in [0.2, 0.25) is 5.91 Å². The fourth-order valence-corrected chi connectivity index (χ4v) is 4.17. The van der Waals surface area contributed by atoms with Gasteiger partial charge in [0.05, 0.1) is 18.0 Å². The number of thioether (sulfide) groups is 1. The standard InChI is InChI=1S/C20H17FN2O4S2/c1-2-27-20(25)19-15(11-16(29-19)13-6-8-14(21)9-7-13)22-17(24)12-28-18-5-3-4-10-23(18)26/h3-11H,2,12H2,1H3,(H,22,24). The zero-order chi connectivity index (χ0) is 20.8. The van der Waals surface area contributed by atoms with Gasteiger partial charge in [-0.2, -0.15) is 4.73 Å². The van der Waals surface area contributed by atoms with Crippen LogP contribution in [0.15, 0.2) is 59.8 Å². The van der Waals surface area contributed by atoms with Crippen LogP contribution in [0.3, 0.4) is 0 Å². The second kappa shape index (κ2) is 9.53. The number of thiophene rings is 1. The number of nitrogens with one attached hydrogen (secondary N) is 1. The predicted octanol–water partition coefficient (Wildman–Crippen LogP) is 4.10. The van der Waals surface area contributed by atoms with Gasteiger partial charge in [-0.1, -0.05) is 12.1 Å². The van der Waals surface area contributed by atoms with E-state index >= 15 is 0 Å². The van der Waals surface area contributed by atoms with E-state index in [2.05, 4.69) is 5.32 Å². The van der Waals surface area contributed by atoms with Crippen molar-refractivity contribution in [2.24, 2.45) is 0 Å². The van der Waals surface area contributed by atoms with Gasteiger partial charge in [-0.25, -0.2) is 9.18 Å². The quantitative estimate of drug-likeness (QED) is 0.263. The molecule has 150 valence electrons. The Balaban J connectivity index is 1.79. The summed E-state index contributed by atoms with van der Waals surface area (Å²) in [5, 5.41) is 14.8. The summed E-state index contributed by atoms with van der Waals surface area (Å²) in [4.78, 5) is 25.6. The highest BCUT2D eigenvalue weighted by molar-refractivity contribution is 7.99. The largest absolute Gasteiger partial charge is 0.618 e. The number of hydrogen-bond acceptors (Lipinski definition) is 6. The SMILES string of the molecule is CCOC(=O)c1sc(-c2ccc(F)cc2)cc1NC(=O)CSc1cccc[n+]1[O-]. The minimum atomic E-state index is -0.547. The van der Waals surface area contributed by atoms with E-state index in [1.807, 2.05) is 0 Å². The Kier molecular flexibility index (Phi) is 6.84. The van der Waals surface area contributed by atoms with Gasteiger partial charge >= 0.3 is 5.97 Å². The number of benzene rings is 1. The average Bonchev–Trinajstić information content (AvgIpc) is 3.12. The van der Waals surface area contributed by atoms with Crippen LogP contribution in [0.1, 0.15) is 16.6 Å². The van der Waals surface area contributed by atoms with Crippen molar-refractivity contribution in [3.05, 3.63) is 70.6 Å². The first-order valence-corrected chi connectivity index (χ1v) is 10.5. The lowest BCUT2D eigenvalue weighted by atomic mass is 10.2. The molecule has 0 spiro atoms. The molecule has 0 radical (unpaired) electrons. The molecule has 6 nitrogen and oxygen atoms in total. The Hall–Kier alpha value is -2.91. The van der Waals surface area contributed by atoms with Crippen LogP contribution in [0.5, 0.6) is 0 Å². The highest BCUT2D eigenvalue weighted by Crippen LogP contribution is 2.35. The molecule has 0 saturated heterocycles. The van der Waals surface area contributed by atoms with Crippen molar-refractivity contribution in [3.63, 3.8) is 0 Å². The van der Waals surface area contributed by atoms with Gasteiger partial charge < -0.3 is 15.3 Å². The summed E-state index contributed by atoms with van der Waals surface area (Å²) in [7, 11) is 0. The molecule has 1 amide bonds. The fourth-order valence-electron chi connectivity index (χ4n) is 2.44.